The van der Waals surface area contributed by atoms with E-state index < -0.39 is 12.3 Å². The normalized spacial score (nSPS) is 19.1. The molecule has 1 saturated carbocycles. The molecule has 0 atom stereocenters. The number of hydrazine groups is 1. The number of ether oxygens (including phenoxy) is 1. The van der Waals surface area contributed by atoms with Crippen LogP contribution >= 0.6 is 0 Å². The highest BCUT2D eigenvalue weighted by Gasteiger charge is 2.29. The summed E-state index contributed by atoms with van der Waals surface area (Å²) >= 11 is 0. The zero-order chi connectivity index (χ0) is 16.7. The van der Waals surface area contributed by atoms with Crippen molar-refractivity contribution in [2.24, 2.45) is 0 Å². The summed E-state index contributed by atoms with van der Waals surface area (Å²) < 4.78 is 33.0. The van der Waals surface area contributed by atoms with Crippen molar-refractivity contribution in [1.29, 1.82) is 0 Å². The maximum atomic E-state index is 13.3. The lowest BCUT2D eigenvalue weighted by Gasteiger charge is -2.26. The summed E-state index contributed by atoms with van der Waals surface area (Å²) in [5.41, 5.74) is 3.52. The van der Waals surface area contributed by atoms with Gasteiger partial charge in [0.05, 0.1) is 19.4 Å². The Labute approximate surface area is 136 Å². The van der Waals surface area contributed by atoms with E-state index in [4.69, 9.17) is 4.74 Å². The fourth-order valence-electron chi connectivity index (χ4n) is 2.79. The van der Waals surface area contributed by atoms with Crippen LogP contribution in [0.15, 0.2) is 12.3 Å². The van der Waals surface area contributed by atoms with E-state index in [1.54, 1.807) is 5.01 Å². The van der Waals surface area contributed by atoms with Gasteiger partial charge in [0.2, 0.25) is 0 Å². The third-order valence-corrected chi connectivity index (χ3v) is 4.25. The van der Waals surface area contributed by atoms with Crippen LogP contribution in [0.4, 0.5) is 8.78 Å². The molecule has 0 spiro atoms. The fraction of sp³-hybridized carbons (Fsp3) is 0.533. The molecule has 2 aromatic heterocycles. The van der Waals surface area contributed by atoms with Crippen LogP contribution in [0.25, 0.3) is 5.65 Å². The topological polar surface area (TPSA) is 71.8 Å². The maximum absolute atomic E-state index is 13.3. The molecular weight excluding hydrogens is 320 g/mol. The lowest BCUT2D eigenvalue weighted by Crippen LogP contribution is -2.48. The largest absolute Gasteiger partial charge is 0.379 e. The quantitative estimate of drug-likeness (QED) is 0.916. The number of nitrogens with one attached hydrogen (secondary N) is 1. The molecule has 3 heterocycles. The first kappa shape index (κ1) is 15.4. The number of aromatic nitrogens is 3. The van der Waals surface area contributed by atoms with Crippen molar-refractivity contribution in [3.63, 3.8) is 0 Å². The van der Waals surface area contributed by atoms with Crippen LogP contribution < -0.4 is 5.43 Å². The number of carbonyl (C=O) groups is 1. The summed E-state index contributed by atoms with van der Waals surface area (Å²) in [5, 5.41) is 5.69. The summed E-state index contributed by atoms with van der Waals surface area (Å²) in [5.74, 6) is -0.190. The molecule has 7 nitrogen and oxygen atoms in total. The average Bonchev–Trinajstić information content (AvgIpc) is 3.34. The summed E-state index contributed by atoms with van der Waals surface area (Å²) in [6, 6.07) is 1.39. The first-order valence-electron chi connectivity index (χ1n) is 7.94. The van der Waals surface area contributed by atoms with E-state index in [1.165, 1.54) is 12.3 Å². The summed E-state index contributed by atoms with van der Waals surface area (Å²) in [7, 11) is 0. The zero-order valence-corrected chi connectivity index (χ0v) is 12.9. The third-order valence-electron chi connectivity index (χ3n) is 4.25. The molecule has 0 radical (unpaired) electrons. The van der Waals surface area contributed by atoms with Gasteiger partial charge in [-0.1, -0.05) is 0 Å². The van der Waals surface area contributed by atoms with Gasteiger partial charge in [-0.3, -0.25) is 10.2 Å². The van der Waals surface area contributed by atoms with Gasteiger partial charge in [-0.25, -0.2) is 23.3 Å². The molecule has 1 N–H and O–H groups in total. The maximum Gasteiger partial charge on any atom is 0.280 e. The molecule has 1 aliphatic heterocycles. The number of nitrogens with zero attached hydrogens (tertiary/aromatic N) is 4. The zero-order valence-electron chi connectivity index (χ0n) is 12.9. The smallest absolute Gasteiger partial charge is 0.280 e. The monoisotopic (exact) mass is 337 g/mol. The average molecular weight is 337 g/mol. The van der Waals surface area contributed by atoms with Gasteiger partial charge in [0.15, 0.2) is 5.65 Å². The van der Waals surface area contributed by atoms with Gasteiger partial charge < -0.3 is 4.74 Å². The van der Waals surface area contributed by atoms with Gasteiger partial charge >= 0.3 is 0 Å². The number of morpholine rings is 1. The van der Waals surface area contributed by atoms with Crippen LogP contribution in [0.3, 0.4) is 0 Å². The molecule has 128 valence electrons. The second-order valence-electron chi connectivity index (χ2n) is 6.01. The highest BCUT2D eigenvalue weighted by atomic mass is 19.3. The van der Waals surface area contributed by atoms with E-state index in [9.17, 15) is 13.6 Å². The van der Waals surface area contributed by atoms with Crippen molar-refractivity contribution >= 4 is 11.6 Å². The van der Waals surface area contributed by atoms with Crippen molar-refractivity contribution in [3.8, 4) is 0 Å². The molecule has 24 heavy (non-hydrogen) atoms. The molecule has 2 aliphatic rings. The number of rotatable bonds is 4. The number of halogens is 2. The Morgan fingerprint density at radius 3 is 2.75 bits per heavy atom. The number of hydrogen-bond acceptors (Lipinski definition) is 5. The summed E-state index contributed by atoms with van der Waals surface area (Å²) in [4.78, 5) is 16.9. The third kappa shape index (κ3) is 2.84. The molecule has 0 unspecified atom stereocenters. The lowest BCUT2D eigenvalue weighted by atomic mass is 10.2. The molecule has 9 heteroatoms. The highest BCUT2D eigenvalue weighted by Crippen LogP contribution is 2.40. The van der Waals surface area contributed by atoms with Crippen LogP contribution in [-0.2, 0) is 4.74 Å². The summed E-state index contributed by atoms with van der Waals surface area (Å²) in [6.45, 7) is 2.23. The Morgan fingerprint density at radius 1 is 1.33 bits per heavy atom. The molecule has 4 rings (SSSR count). The van der Waals surface area contributed by atoms with Gasteiger partial charge in [0.25, 0.3) is 12.3 Å². The minimum atomic E-state index is -2.68. The Morgan fingerprint density at radius 2 is 2.08 bits per heavy atom. The molecular formula is C15H17F2N5O2. The molecule has 1 amide bonds. The highest BCUT2D eigenvalue weighted by molar-refractivity contribution is 5.99. The first-order valence-corrected chi connectivity index (χ1v) is 7.94. The van der Waals surface area contributed by atoms with Crippen LogP contribution in [0.2, 0.25) is 0 Å². The van der Waals surface area contributed by atoms with Crippen LogP contribution in [0.5, 0.6) is 0 Å². The molecule has 2 aromatic rings. The van der Waals surface area contributed by atoms with Crippen LogP contribution in [0, 0.1) is 0 Å². The standard InChI is InChI=1S/C15H17F2N5O2/c16-13(17)12-7-11(9-1-2-9)19-14-10(8-18-22(12)14)15(23)20-21-3-5-24-6-4-21/h7-9,13H,1-6H2,(H,20,23). The predicted octanol–water partition coefficient (Wildman–Crippen LogP) is 1.52. The van der Waals surface area contributed by atoms with Gasteiger partial charge in [0.1, 0.15) is 11.3 Å². The number of fused-ring (bicyclic) bond motifs is 1. The van der Waals surface area contributed by atoms with Crippen LogP contribution in [-0.4, -0.2) is 51.8 Å². The second-order valence-corrected chi connectivity index (χ2v) is 6.01. The Kier molecular flexibility index (Phi) is 3.89. The lowest BCUT2D eigenvalue weighted by molar-refractivity contribution is 0.0126. The Hall–Kier alpha value is -2.13. The van der Waals surface area contributed by atoms with E-state index in [2.05, 4.69) is 15.5 Å². The van der Waals surface area contributed by atoms with Crippen molar-refractivity contribution in [1.82, 2.24) is 25.0 Å². The van der Waals surface area contributed by atoms with Crippen molar-refractivity contribution in [2.75, 3.05) is 26.3 Å². The van der Waals surface area contributed by atoms with E-state index >= 15 is 0 Å². The molecule has 2 fully saturated rings. The minimum absolute atomic E-state index is 0.181. The van der Waals surface area contributed by atoms with E-state index in [0.717, 1.165) is 17.4 Å². The molecule has 1 saturated heterocycles. The SMILES string of the molecule is O=C(NN1CCOCC1)c1cnn2c(C(F)F)cc(C3CC3)nc12. The van der Waals surface area contributed by atoms with Crippen LogP contribution in [0.1, 0.15) is 46.9 Å². The number of alkyl halides is 2. The fourth-order valence-corrected chi connectivity index (χ4v) is 2.79. The molecule has 0 bridgehead atoms. The second kappa shape index (κ2) is 6.06. The Balaban J connectivity index is 1.68. The Bertz CT molecular complexity index is 769. The number of amides is 1. The minimum Gasteiger partial charge on any atom is -0.379 e. The molecule has 1 aliphatic carbocycles. The van der Waals surface area contributed by atoms with E-state index in [1.807, 2.05) is 0 Å². The van der Waals surface area contributed by atoms with Gasteiger partial charge in [0, 0.05) is 24.7 Å². The van der Waals surface area contributed by atoms with Crippen molar-refractivity contribution in [3.05, 3.63) is 29.2 Å². The van der Waals surface area contributed by atoms with Gasteiger partial charge in [-0.15, -0.1) is 0 Å². The van der Waals surface area contributed by atoms with E-state index in [0.29, 0.717) is 32.0 Å². The summed E-state index contributed by atoms with van der Waals surface area (Å²) in [6.07, 6.45) is 0.494. The van der Waals surface area contributed by atoms with Crippen molar-refractivity contribution < 1.29 is 18.3 Å². The number of hydrogen-bond donors (Lipinski definition) is 1. The van der Waals surface area contributed by atoms with Crippen molar-refractivity contribution in [2.45, 2.75) is 25.2 Å². The molecule has 0 aromatic carbocycles. The van der Waals surface area contributed by atoms with E-state index in [-0.39, 0.29) is 22.8 Å². The van der Waals surface area contributed by atoms with Gasteiger partial charge in [-0.05, 0) is 18.9 Å². The first-order chi connectivity index (χ1) is 11.6. The predicted molar refractivity (Wildman–Crippen MR) is 79.8 cm³/mol. The number of carbonyl (C=O) groups excluding carboxylic acids is 1. The van der Waals surface area contributed by atoms with Gasteiger partial charge in [-0.2, -0.15) is 5.10 Å².